The second-order valence-corrected chi connectivity index (χ2v) is 6.68. The zero-order valence-electron chi connectivity index (χ0n) is 11.3. The van der Waals surface area contributed by atoms with Gasteiger partial charge in [0.05, 0.1) is 5.69 Å². The fourth-order valence-corrected chi connectivity index (χ4v) is 3.74. The molecular weight excluding hydrogens is 336 g/mol. The van der Waals surface area contributed by atoms with E-state index in [0.29, 0.717) is 0 Å². The molecule has 1 aliphatic rings. The Bertz CT molecular complexity index is 591. The number of nitrogen functional groups attached to an aromatic ring is 1. The highest BCUT2D eigenvalue weighted by molar-refractivity contribution is 9.10. The minimum Gasteiger partial charge on any atom is -0.398 e. The molecule has 0 saturated carbocycles. The molecule has 1 aromatic heterocycles. The maximum atomic E-state index is 5.94. The lowest BCUT2D eigenvalue weighted by Gasteiger charge is -2.36. The van der Waals surface area contributed by atoms with Crippen LogP contribution >= 0.6 is 27.3 Å². The fourth-order valence-electron chi connectivity index (χ4n) is 2.43. The molecule has 2 N–H and O–H groups in total. The molecule has 0 amide bonds. The lowest BCUT2D eigenvalue weighted by molar-refractivity contribution is 0.651. The molecule has 4 nitrogen and oxygen atoms in total. The van der Waals surface area contributed by atoms with Gasteiger partial charge in [0.15, 0.2) is 5.13 Å². The summed E-state index contributed by atoms with van der Waals surface area (Å²) in [5.74, 6) is 0. The normalized spacial score (nSPS) is 15.7. The average Bonchev–Trinajstić information content (AvgIpc) is 2.97. The van der Waals surface area contributed by atoms with Gasteiger partial charge in [-0.1, -0.05) is 0 Å². The van der Waals surface area contributed by atoms with E-state index in [1.54, 1.807) is 11.3 Å². The number of halogens is 1. The minimum absolute atomic E-state index is 0.835. The summed E-state index contributed by atoms with van der Waals surface area (Å²) in [7, 11) is 0. The van der Waals surface area contributed by atoms with E-state index in [0.717, 1.165) is 47.0 Å². The topological polar surface area (TPSA) is 45.4 Å². The monoisotopic (exact) mass is 352 g/mol. The van der Waals surface area contributed by atoms with Crippen LogP contribution in [0.5, 0.6) is 0 Å². The van der Waals surface area contributed by atoms with Gasteiger partial charge in [0, 0.05) is 47.9 Å². The third-order valence-corrected chi connectivity index (χ3v) is 5.11. The first-order valence-corrected chi connectivity index (χ1v) is 8.27. The number of thiazole rings is 1. The van der Waals surface area contributed by atoms with Crippen LogP contribution in [-0.2, 0) is 0 Å². The van der Waals surface area contributed by atoms with Crippen LogP contribution in [0.2, 0.25) is 0 Å². The first-order valence-electron chi connectivity index (χ1n) is 6.60. The number of anilines is 3. The number of aromatic nitrogens is 1. The summed E-state index contributed by atoms with van der Waals surface area (Å²) >= 11 is 5.33. The minimum atomic E-state index is 0.835. The lowest BCUT2D eigenvalue weighted by Crippen LogP contribution is -2.46. The van der Waals surface area contributed by atoms with E-state index in [1.165, 1.54) is 5.69 Å². The molecule has 2 aromatic rings. The summed E-state index contributed by atoms with van der Waals surface area (Å²) in [5.41, 5.74) is 9.14. The summed E-state index contributed by atoms with van der Waals surface area (Å²) in [4.78, 5) is 9.13. The van der Waals surface area contributed by atoms with Gasteiger partial charge in [-0.3, -0.25) is 0 Å². The summed E-state index contributed by atoms with van der Waals surface area (Å²) in [6.45, 7) is 6.06. The van der Waals surface area contributed by atoms with Gasteiger partial charge < -0.3 is 15.5 Å². The van der Waals surface area contributed by atoms with Gasteiger partial charge in [-0.05, 0) is 40.5 Å². The van der Waals surface area contributed by atoms with Crippen LogP contribution in [0.3, 0.4) is 0 Å². The molecule has 0 bridgehead atoms. The quantitative estimate of drug-likeness (QED) is 0.843. The highest BCUT2D eigenvalue weighted by Gasteiger charge is 2.20. The van der Waals surface area contributed by atoms with Crippen LogP contribution in [0.1, 0.15) is 5.56 Å². The van der Waals surface area contributed by atoms with Gasteiger partial charge in [0.2, 0.25) is 0 Å². The molecule has 6 heteroatoms. The van der Waals surface area contributed by atoms with Crippen molar-refractivity contribution in [3.05, 3.63) is 33.7 Å². The van der Waals surface area contributed by atoms with Gasteiger partial charge in [-0.25, -0.2) is 4.98 Å². The van der Waals surface area contributed by atoms with Gasteiger partial charge in [-0.2, -0.15) is 0 Å². The molecular formula is C14H17BrN4S. The maximum absolute atomic E-state index is 5.94. The Morgan fingerprint density at radius 1 is 1.20 bits per heavy atom. The third-order valence-electron chi connectivity index (χ3n) is 3.65. The Morgan fingerprint density at radius 2 is 1.90 bits per heavy atom. The predicted molar refractivity (Wildman–Crippen MR) is 89.8 cm³/mol. The molecule has 3 rings (SSSR count). The van der Waals surface area contributed by atoms with Crippen molar-refractivity contribution in [2.75, 3.05) is 41.7 Å². The first kappa shape index (κ1) is 13.7. The van der Waals surface area contributed by atoms with E-state index in [1.807, 2.05) is 17.6 Å². The number of aryl methyl sites for hydroxylation is 1. The van der Waals surface area contributed by atoms with Crippen molar-refractivity contribution in [3.63, 3.8) is 0 Å². The average molecular weight is 353 g/mol. The van der Waals surface area contributed by atoms with Crippen LogP contribution < -0.4 is 15.5 Å². The van der Waals surface area contributed by atoms with Gasteiger partial charge in [-0.15, -0.1) is 11.3 Å². The van der Waals surface area contributed by atoms with Crippen molar-refractivity contribution in [2.24, 2.45) is 0 Å². The molecule has 1 aliphatic heterocycles. The second-order valence-electron chi connectivity index (χ2n) is 4.95. The Kier molecular flexibility index (Phi) is 3.85. The van der Waals surface area contributed by atoms with Gasteiger partial charge >= 0.3 is 0 Å². The molecule has 0 radical (unpaired) electrons. The molecule has 0 unspecified atom stereocenters. The number of hydrogen-bond donors (Lipinski definition) is 1. The van der Waals surface area contributed by atoms with E-state index < -0.39 is 0 Å². The first-order chi connectivity index (χ1) is 9.65. The third kappa shape index (κ3) is 2.62. The standard InChI is InChI=1S/C14H17BrN4S/c1-10-8-13(11(15)9-12(10)16)18-3-5-19(6-4-18)14-17-2-7-20-14/h2,7-9H,3-6,16H2,1H3. The number of nitrogens with zero attached hydrogens (tertiary/aromatic N) is 3. The Morgan fingerprint density at radius 3 is 2.55 bits per heavy atom. The molecule has 0 aliphatic carbocycles. The molecule has 20 heavy (non-hydrogen) atoms. The molecule has 0 spiro atoms. The lowest BCUT2D eigenvalue weighted by atomic mass is 10.1. The SMILES string of the molecule is Cc1cc(N2CCN(c3nccs3)CC2)c(Br)cc1N. The van der Waals surface area contributed by atoms with E-state index in [4.69, 9.17) is 5.73 Å². The number of piperazine rings is 1. The summed E-state index contributed by atoms with van der Waals surface area (Å²) in [5, 5.41) is 3.15. The van der Waals surface area contributed by atoms with Gasteiger partial charge in [0.25, 0.3) is 0 Å². The zero-order valence-corrected chi connectivity index (χ0v) is 13.7. The van der Waals surface area contributed by atoms with E-state index in [-0.39, 0.29) is 0 Å². The summed E-state index contributed by atoms with van der Waals surface area (Å²) < 4.78 is 1.07. The van der Waals surface area contributed by atoms with Crippen molar-refractivity contribution in [1.29, 1.82) is 0 Å². The molecule has 1 aromatic carbocycles. The van der Waals surface area contributed by atoms with Crippen molar-refractivity contribution in [1.82, 2.24) is 4.98 Å². The number of benzene rings is 1. The maximum Gasteiger partial charge on any atom is 0.185 e. The van der Waals surface area contributed by atoms with Crippen LogP contribution in [0.25, 0.3) is 0 Å². The summed E-state index contributed by atoms with van der Waals surface area (Å²) in [6, 6.07) is 4.16. The molecule has 2 heterocycles. The van der Waals surface area contributed by atoms with E-state index in [9.17, 15) is 0 Å². The van der Waals surface area contributed by atoms with Gasteiger partial charge in [0.1, 0.15) is 0 Å². The van der Waals surface area contributed by atoms with E-state index in [2.05, 4.69) is 43.7 Å². The van der Waals surface area contributed by atoms with Crippen molar-refractivity contribution >= 4 is 43.8 Å². The Hall–Kier alpha value is -1.27. The second kappa shape index (κ2) is 5.61. The Labute approximate surface area is 131 Å². The number of hydrogen-bond acceptors (Lipinski definition) is 5. The number of rotatable bonds is 2. The molecule has 1 fully saturated rings. The molecule has 0 atom stereocenters. The smallest absolute Gasteiger partial charge is 0.185 e. The van der Waals surface area contributed by atoms with Crippen LogP contribution in [0.15, 0.2) is 28.2 Å². The zero-order chi connectivity index (χ0) is 14.1. The van der Waals surface area contributed by atoms with E-state index >= 15 is 0 Å². The molecule has 1 saturated heterocycles. The predicted octanol–water partition coefficient (Wildman–Crippen LogP) is 3.12. The highest BCUT2D eigenvalue weighted by Crippen LogP contribution is 2.32. The van der Waals surface area contributed by atoms with Crippen molar-refractivity contribution in [2.45, 2.75) is 6.92 Å². The Balaban J connectivity index is 1.74. The molecule has 106 valence electrons. The summed E-state index contributed by atoms with van der Waals surface area (Å²) in [6.07, 6.45) is 1.87. The van der Waals surface area contributed by atoms with Crippen molar-refractivity contribution in [3.8, 4) is 0 Å². The van der Waals surface area contributed by atoms with Crippen LogP contribution in [-0.4, -0.2) is 31.2 Å². The van der Waals surface area contributed by atoms with Crippen LogP contribution in [0, 0.1) is 6.92 Å². The highest BCUT2D eigenvalue weighted by atomic mass is 79.9. The van der Waals surface area contributed by atoms with Crippen molar-refractivity contribution < 1.29 is 0 Å². The van der Waals surface area contributed by atoms with Crippen LogP contribution in [0.4, 0.5) is 16.5 Å². The number of nitrogens with two attached hydrogens (primary N) is 1. The largest absolute Gasteiger partial charge is 0.398 e. The fraction of sp³-hybridized carbons (Fsp3) is 0.357.